The molecule has 1 saturated carbocycles. The van der Waals surface area contributed by atoms with Gasteiger partial charge in [-0.05, 0) is 44.0 Å². The normalized spacial score (nSPS) is 17.1. The Morgan fingerprint density at radius 1 is 1.17 bits per heavy atom. The van der Waals surface area contributed by atoms with Crippen LogP contribution in [0.5, 0.6) is 0 Å². The van der Waals surface area contributed by atoms with Gasteiger partial charge in [0, 0.05) is 49.7 Å². The maximum atomic E-state index is 10.2. The highest BCUT2D eigenvalue weighted by molar-refractivity contribution is 6.30. The van der Waals surface area contributed by atoms with Gasteiger partial charge in [-0.3, -0.25) is 0 Å². The van der Waals surface area contributed by atoms with Crippen LogP contribution >= 0.6 is 11.6 Å². The molecule has 1 aliphatic heterocycles. The second-order valence-corrected chi connectivity index (χ2v) is 8.79. The van der Waals surface area contributed by atoms with Crippen molar-refractivity contribution >= 4 is 23.1 Å². The molecule has 0 radical (unpaired) electrons. The van der Waals surface area contributed by atoms with Crippen molar-refractivity contribution in [2.24, 2.45) is 5.92 Å². The zero-order valence-electron chi connectivity index (χ0n) is 19.2. The van der Waals surface area contributed by atoms with Crippen LogP contribution in [-0.4, -0.2) is 43.4 Å². The van der Waals surface area contributed by atoms with Crippen LogP contribution in [0.4, 0.5) is 5.69 Å². The quantitative estimate of drug-likeness (QED) is 0.508. The zero-order chi connectivity index (χ0) is 22.2. The highest BCUT2D eigenvalue weighted by Crippen LogP contribution is 2.22. The van der Waals surface area contributed by atoms with Crippen molar-refractivity contribution in [3.05, 3.63) is 29.3 Å². The molecule has 1 heterocycles. The third-order valence-corrected chi connectivity index (χ3v) is 5.94. The molecule has 2 aliphatic rings. The van der Waals surface area contributed by atoms with Crippen LogP contribution in [0.2, 0.25) is 5.02 Å². The molecule has 1 saturated heterocycles. The van der Waals surface area contributed by atoms with Gasteiger partial charge in [0.1, 0.15) is 5.78 Å². The first-order chi connectivity index (χ1) is 14.5. The Kier molecular flexibility index (Phi) is 14.3. The van der Waals surface area contributed by atoms with Crippen LogP contribution in [0.3, 0.4) is 0 Å². The summed E-state index contributed by atoms with van der Waals surface area (Å²) in [5, 5.41) is 8.84. The van der Waals surface area contributed by atoms with Crippen LogP contribution in [0, 0.1) is 17.2 Å². The van der Waals surface area contributed by atoms with Crippen LogP contribution in [0.1, 0.15) is 72.1 Å². The molecule has 1 aromatic carbocycles. The molecule has 5 heteroatoms. The molecule has 0 unspecified atom stereocenters. The fourth-order valence-corrected chi connectivity index (χ4v) is 3.90. The summed E-state index contributed by atoms with van der Waals surface area (Å²) in [5.41, 5.74) is 1.25. The molecule has 0 atom stereocenters. The summed E-state index contributed by atoms with van der Waals surface area (Å²) in [6.07, 6.45) is 9.20. The third kappa shape index (κ3) is 12.2. The van der Waals surface area contributed by atoms with Crippen LogP contribution in [0.15, 0.2) is 24.3 Å². The van der Waals surface area contributed by atoms with Gasteiger partial charge in [0.25, 0.3) is 0 Å². The maximum absolute atomic E-state index is 10.2. The smallest absolute Gasteiger partial charge is 0.129 e. The summed E-state index contributed by atoms with van der Waals surface area (Å²) in [6, 6.07) is 10.1. The Balaban J connectivity index is 0.000000253. The highest BCUT2D eigenvalue weighted by atomic mass is 35.5. The molecule has 0 amide bonds. The third-order valence-electron chi connectivity index (χ3n) is 5.70. The molecule has 30 heavy (non-hydrogen) atoms. The summed E-state index contributed by atoms with van der Waals surface area (Å²) < 4.78 is 0. The Morgan fingerprint density at radius 2 is 1.83 bits per heavy atom. The SMILES string of the molecule is CC(=O)CCCC#N.CC1CCCCC1.CCN1CCN(c2cccc(Cl)c2)CC1. The van der Waals surface area contributed by atoms with E-state index in [2.05, 4.69) is 29.7 Å². The van der Waals surface area contributed by atoms with E-state index in [0.717, 1.165) is 43.7 Å². The van der Waals surface area contributed by atoms with Gasteiger partial charge in [-0.2, -0.15) is 5.26 Å². The van der Waals surface area contributed by atoms with Crippen molar-refractivity contribution in [1.29, 1.82) is 5.26 Å². The molecule has 4 nitrogen and oxygen atoms in total. The second-order valence-electron chi connectivity index (χ2n) is 8.36. The number of halogens is 1. The molecule has 2 fully saturated rings. The number of hydrogen-bond acceptors (Lipinski definition) is 4. The molecule has 0 N–H and O–H groups in total. The molecule has 0 bridgehead atoms. The van der Waals surface area contributed by atoms with Gasteiger partial charge in [-0.1, -0.05) is 63.6 Å². The Hall–Kier alpha value is -1.57. The number of piperazine rings is 1. The van der Waals surface area contributed by atoms with E-state index in [0.29, 0.717) is 19.3 Å². The molecule has 1 aliphatic carbocycles. The number of ketones is 1. The van der Waals surface area contributed by atoms with E-state index in [1.807, 2.05) is 24.3 Å². The van der Waals surface area contributed by atoms with Gasteiger partial charge in [0.15, 0.2) is 0 Å². The number of benzene rings is 1. The summed E-state index contributed by atoms with van der Waals surface area (Å²) in [7, 11) is 0. The first kappa shape index (κ1) is 26.5. The van der Waals surface area contributed by atoms with E-state index in [-0.39, 0.29) is 5.78 Å². The van der Waals surface area contributed by atoms with Crippen molar-refractivity contribution in [2.75, 3.05) is 37.6 Å². The lowest BCUT2D eigenvalue weighted by atomic mass is 9.91. The monoisotopic (exact) mass is 433 g/mol. The van der Waals surface area contributed by atoms with Crippen molar-refractivity contribution in [2.45, 2.75) is 72.1 Å². The summed E-state index contributed by atoms with van der Waals surface area (Å²) in [5.74, 6) is 1.20. The summed E-state index contributed by atoms with van der Waals surface area (Å²) in [6.45, 7) is 11.8. The lowest BCUT2D eigenvalue weighted by Gasteiger charge is -2.35. The van der Waals surface area contributed by atoms with Crippen LogP contribution in [-0.2, 0) is 4.79 Å². The average Bonchev–Trinajstić information content (AvgIpc) is 2.75. The molecular formula is C25H40ClN3O. The number of carbonyl (C=O) groups excluding carboxylic acids is 1. The van der Waals surface area contributed by atoms with E-state index < -0.39 is 0 Å². The minimum atomic E-state index is 0.167. The Bertz CT molecular complexity index is 630. The molecule has 1 aromatic rings. The summed E-state index contributed by atoms with van der Waals surface area (Å²) in [4.78, 5) is 15.1. The molecule has 3 rings (SSSR count). The topological polar surface area (TPSA) is 47.3 Å². The fraction of sp³-hybridized carbons (Fsp3) is 0.680. The fourth-order valence-electron chi connectivity index (χ4n) is 3.72. The zero-order valence-corrected chi connectivity index (χ0v) is 20.0. The van der Waals surface area contributed by atoms with Crippen molar-refractivity contribution in [3.63, 3.8) is 0 Å². The predicted molar refractivity (Wildman–Crippen MR) is 128 cm³/mol. The van der Waals surface area contributed by atoms with Crippen molar-refractivity contribution in [1.82, 2.24) is 4.90 Å². The van der Waals surface area contributed by atoms with Crippen LogP contribution < -0.4 is 4.90 Å². The number of likely N-dealkylation sites (N-methyl/N-ethyl adjacent to an activating group) is 1. The molecular weight excluding hydrogens is 394 g/mol. The van der Waals surface area contributed by atoms with E-state index in [9.17, 15) is 4.79 Å². The number of nitrogens with zero attached hydrogens (tertiary/aromatic N) is 3. The predicted octanol–water partition coefficient (Wildman–Crippen LogP) is 6.34. The number of hydrogen-bond donors (Lipinski definition) is 0. The van der Waals surface area contributed by atoms with E-state index in [1.54, 1.807) is 0 Å². The minimum absolute atomic E-state index is 0.167. The number of nitriles is 1. The van der Waals surface area contributed by atoms with Gasteiger partial charge in [-0.15, -0.1) is 0 Å². The number of carbonyl (C=O) groups is 1. The Labute approximate surface area is 189 Å². The van der Waals surface area contributed by atoms with Crippen molar-refractivity contribution < 1.29 is 4.79 Å². The largest absolute Gasteiger partial charge is 0.369 e. The lowest BCUT2D eigenvalue weighted by Crippen LogP contribution is -2.46. The standard InChI is InChI=1S/C12H17ClN2.C7H14.C6H9NO/c1-2-14-6-8-15(9-7-14)12-5-3-4-11(13)10-12;1-7-5-3-2-4-6-7;1-6(8)4-2-3-5-7/h3-5,10H,2,6-9H2,1H3;7H,2-6H2,1H3;2-4H2,1H3. The first-order valence-corrected chi connectivity index (χ1v) is 11.9. The minimum Gasteiger partial charge on any atom is -0.369 e. The Morgan fingerprint density at radius 3 is 2.30 bits per heavy atom. The highest BCUT2D eigenvalue weighted by Gasteiger charge is 2.15. The number of rotatable bonds is 5. The van der Waals surface area contributed by atoms with E-state index in [4.69, 9.17) is 16.9 Å². The average molecular weight is 434 g/mol. The van der Waals surface area contributed by atoms with Crippen molar-refractivity contribution in [3.8, 4) is 6.07 Å². The first-order valence-electron chi connectivity index (χ1n) is 11.6. The van der Waals surface area contributed by atoms with Gasteiger partial charge < -0.3 is 14.6 Å². The number of anilines is 1. The maximum Gasteiger partial charge on any atom is 0.129 e. The van der Waals surface area contributed by atoms with Gasteiger partial charge in [0.2, 0.25) is 0 Å². The molecule has 168 valence electrons. The summed E-state index contributed by atoms with van der Waals surface area (Å²) >= 11 is 5.98. The van der Waals surface area contributed by atoms with Crippen LogP contribution in [0.25, 0.3) is 0 Å². The number of Topliss-reactive ketones (excluding diaryl/α,β-unsaturated/α-hetero) is 1. The van der Waals surface area contributed by atoms with Gasteiger partial charge in [0.05, 0.1) is 6.07 Å². The van der Waals surface area contributed by atoms with Gasteiger partial charge >= 0.3 is 0 Å². The molecule has 0 spiro atoms. The van der Waals surface area contributed by atoms with E-state index in [1.165, 1.54) is 44.7 Å². The lowest BCUT2D eigenvalue weighted by molar-refractivity contribution is -0.117. The van der Waals surface area contributed by atoms with E-state index >= 15 is 0 Å². The number of unbranched alkanes of at least 4 members (excludes halogenated alkanes) is 1. The van der Waals surface area contributed by atoms with Gasteiger partial charge in [-0.25, -0.2) is 0 Å². The molecule has 0 aromatic heterocycles. The second kappa shape index (κ2) is 16.2.